The second-order valence-electron chi connectivity index (χ2n) is 6.97. The van der Waals surface area contributed by atoms with Gasteiger partial charge in [-0.3, -0.25) is 14.5 Å². The highest BCUT2D eigenvalue weighted by atomic mass is 16.5. The fourth-order valence-corrected chi connectivity index (χ4v) is 3.39. The van der Waals surface area contributed by atoms with Gasteiger partial charge in [-0.15, -0.1) is 0 Å². The number of nitrogens with zero attached hydrogens (tertiary/aromatic N) is 4. The second kappa shape index (κ2) is 9.97. The van der Waals surface area contributed by atoms with Crippen molar-refractivity contribution in [3.63, 3.8) is 0 Å². The van der Waals surface area contributed by atoms with Gasteiger partial charge in [0.25, 0.3) is 0 Å². The van der Waals surface area contributed by atoms with Crippen molar-refractivity contribution in [2.24, 2.45) is 0 Å². The largest absolute Gasteiger partial charge is 0.494 e. The summed E-state index contributed by atoms with van der Waals surface area (Å²) in [6.07, 6.45) is 3.22. The van der Waals surface area contributed by atoms with Crippen molar-refractivity contribution in [1.82, 2.24) is 25.1 Å². The summed E-state index contributed by atoms with van der Waals surface area (Å²) in [7, 11) is 1.72. The number of hydrogen-bond donors (Lipinski definition) is 1. The SMILES string of the molecule is CCOc1ccccc1CN1CCNC(=O)C1CC(=O)N(C)Cc1ccncn1. The van der Waals surface area contributed by atoms with Crippen molar-refractivity contribution in [2.75, 3.05) is 26.7 Å². The van der Waals surface area contributed by atoms with Crippen LogP contribution in [0.2, 0.25) is 0 Å². The van der Waals surface area contributed by atoms with Crippen LogP contribution in [0.25, 0.3) is 0 Å². The molecule has 2 aromatic rings. The number of benzene rings is 1. The third-order valence-electron chi connectivity index (χ3n) is 4.92. The van der Waals surface area contributed by atoms with Crippen molar-refractivity contribution < 1.29 is 14.3 Å². The Morgan fingerprint density at radius 1 is 1.34 bits per heavy atom. The quantitative estimate of drug-likeness (QED) is 0.721. The molecule has 8 heteroatoms. The summed E-state index contributed by atoms with van der Waals surface area (Å²) >= 11 is 0. The Hall–Kier alpha value is -3.00. The van der Waals surface area contributed by atoms with Gasteiger partial charge in [-0.2, -0.15) is 0 Å². The summed E-state index contributed by atoms with van der Waals surface area (Å²) in [5.41, 5.74) is 1.77. The second-order valence-corrected chi connectivity index (χ2v) is 6.97. The Morgan fingerprint density at radius 2 is 2.17 bits per heavy atom. The molecule has 29 heavy (non-hydrogen) atoms. The van der Waals surface area contributed by atoms with E-state index in [1.165, 1.54) is 6.33 Å². The highest BCUT2D eigenvalue weighted by Gasteiger charge is 2.32. The van der Waals surface area contributed by atoms with E-state index in [-0.39, 0.29) is 18.2 Å². The molecule has 2 amide bonds. The molecule has 0 bridgehead atoms. The molecule has 2 heterocycles. The lowest BCUT2D eigenvalue weighted by molar-refractivity contribution is -0.138. The van der Waals surface area contributed by atoms with Crippen LogP contribution in [0.4, 0.5) is 0 Å². The first-order chi connectivity index (χ1) is 14.1. The molecule has 1 N–H and O–H groups in total. The van der Waals surface area contributed by atoms with E-state index < -0.39 is 6.04 Å². The molecule has 1 aliphatic rings. The molecule has 1 unspecified atom stereocenters. The van der Waals surface area contributed by atoms with Gasteiger partial charge in [-0.25, -0.2) is 9.97 Å². The molecule has 1 fully saturated rings. The van der Waals surface area contributed by atoms with Crippen LogP contribution >= 0.6 is 0 Å². The zero-order chi connectivity index (χ0) is 20.6. The smallest absolute Gasteiger partial charge is 0.237 e. The molecule has 154 valence electrons. The normalized spacial score (nSPS) is 16.9. The minimum absolute atomic E-state index is 0.103. The Morgan fingerprint density at radius 3 is 2.93 bits per heavy atom. The first-order valence-electron chi connectivity index (χ1n) is 9.79. The van der Waals surface area contributed by atoms with E-state index in [0.717, 1.165) is 17.0 Å². The van der Waals surface area contributed by atoms with Gasteiger partial charge in [0.2, 0.25) is 11.8 Å². The molecule has 1 aliphatic heterocycles. The predicted molar refractivity (Wildman–Crippen MR) is 108 cm³/mol. The molecular formula is C21H27N5O3. The predicted octanol–water partition coefficient (Wildman–Crippen LogP) is 1.22. The first-order valence-corrected chi connectivity index (χ1v) is 9.79. The third kappa shape index (κ3) is 5.51. The van der Waals surface area contributed by atoms with E-state index in [2.05, 4.69) is 15.3 Å². The van der Waals surface area contributed by atoms with Crippen molar-refractivity contribution in [3.05, 3.63) is 54.1 Å². The Balaban J connectivity index is 1.68. The lowest BCUT2D eigenvalue weighted by atomic mass is 10.1. The molecule has 1 aromatic carbocycles. The summed E-state index contributed by atoms with van der Waals surface area (Å²) in [6.45, 7) is 4.70. The average molecular weight is 397 g/mol. The van der Waals surface area contributed by atoms with Crippen LogP contribution in [0.1, 0.15) is 24.6 Å². The maximum Gasteiger partial charge on any atom is 0.237 e. The minimum Gasteiger partial charge on any atom is -0.494 e. The van der Waals surface area contributed by atoms with Gasteiger partial charge in [0, 0.05) is 38.4 Å². The highest BCUT2D eigenvalue weighted by molar-refractivity contribution is 5.88. The van der Waals surface area contributed by atoms with E-state index in [1.807, 2.05) is 36.1 Å². The molecule has 1 aromatic heterocycles. The van der Waals surface area contributed by atoms with Crippen LogP contribution in [0.5, 0.6) is 5.75 Å². The van der Waals surface area contributed by atoms with E-state index in [1.54, 1.807) is 24.2 Å². The summed E-state index contributed by atoms with van der Waals surface area (Å²) in [5, 5.41) is 2.88. The molecule has 3 rings (SSSR count). The first kappa shape index (κ1) is 20.7. The molecule has 0 radical (unpaired) electrons. The summed E-state index contributed by atoms with van der Waals surface area (Å²) in [4.78, 5) is 37.0. The fourth-order valence-electron chi connectivity index (χ4n) is 3.39. The van der Waals surface area contributed by atoms with Crippen molar-refractivity contribution in [3.8, 4) is 5.75 Å². The fraction of sp³-hybridized carbons (Fsp3) is 0.429. The minimum atomic E-state index is -0.515. The number of amides is 2. The van der Waals surface area contributed by atoms with E-state index in [9.17, 15) is 9.59 Å². The Bertz CT molecular complexity index is 830. The standard InChI is InChI=1S/C21H27N5O3/c1-3-29-19-7-5-4-6-16(19)13-26-11-10-23-21(28)18(26)12-20(27)25(2)14-17-8-9-22-15-24-17/h4-9,15,18H,3,10-14H2,1-2H3,(H,23,28). The number of hydrogen-bond acceptors (Lipinski definition) is 6. The van der Waals surface area contributed by atoms with Gasteiger partial charge >= 0.3 is 0 Å². The van der Waals surface area contributed by atoms with Crippen LogP contribution in [-0.4, -0.2) is 64.4 Å². The lowest BCUT2D eigenvalue weighted by Gasteiger charge is -2.35. The monoisotopic (exact) mass is 397 g/mol. The Labute approximate surface area is 170 Å². The molecule has 0 saturated carbocycles. The van der Waals surface area contributed by atoms with E-state index in [0.29, 0.717) is 32.8 Å². The van der Waals surface area contributed by atoms with Gasteiger partial charge in [0.1, 0.15) is 12.1 Å². The van der Waals surface area contributed by atoms with Crippen molar-refractivity contribution in [1.29, 1.82) is 0 Å². The van der Waals surface area contributed by atoms with Gasteiger partial charge in [0.05, 0.1) is 31.3 Å². The molecule has 1 atom stereocenters. The topological polar surface area (TPSA) is 87.7 Å². The maximum absolute atomic E-state index is 12.8. The summed E-state index contributed by atoms with van der Waals surface area (Å²) in [6, 6.07) is 9.07. The number of nitrogens with one attached hydrogen (secondary N) is 1. The number of aromatic nitrogens is 2. The third-order valence-corrected chi connectivity index (χ3v) is 4.92. The number of para-hydroxylation sites is 1. The molecular weight excluding hydrogens is 370 g/mol. The van der Waals surface area contributed by atoms with Gasteiger partial charge in [-0.05, 0) is 19.1 Å². The van der Waals surface area contributed by atoms with Crippen LogP contribution in [0.15, 0.2) is 42.9 Å². The molecule has 1 saturated heterocycles. The number of piperazine rings is 1. The zero-order valence-corrected chi connectivity index (χ0v) is 16.9. The molecule has 8 nitrogen and oxygen atoms in total. The average Bonchev–Trinajstić information content (AvgIpc) is 2.72. The van der Waals surface area contributed by atoms with Crippen molar-refractivity contribution in [2.45, 2.75) is 32.5 Å². The zero-order valence-electron chi connectivity index (χ0n) is 16.9. The Kier molecular flexibility index (Phi) is 7.13. The molecule has 0 spiro atoms. The lowest BCUT2D eigenvalue weighted by Crippen LogP contribution is -2.56. The highest BCUT2D eigenvalue weighted by Crippen LogP contribution is 2.22. The van der Waals surface area contributed by atoms with Crippen molar-refractivity contribution >= 4 is 11.8 Å². The summed E-state index contributed by atoms with van der Waals surface area (Å²) in [5.74, 6) is 0.592. The van der Waals surface area contributed by atoms with Gasteiger partial charge < -0.3 is 15.0 Å². The summed E-state index contributed by atoms with van der Waals surface area (Å²) < 4.78 is 5.71. The number of rotatable bonds is 8. The van der Waals surface area contributed by atoms with E-state index in [4.69, 9.17) is 4.74 Å². The van der Waals surface area contributed by atoms with E-state index >= 15 is 0 Å². The van der Waals surface area contributed by atoms with Gasteiger partial charge in [-0.1, -0.05) is 18.2 Å². The van der Waals surface area contributed by atoms with Crippen LogP contribution in [-0.2, 0) is 22.7 Å². The maximum atomic E-state index is 12.8. The number of carbonyl (C=O) groups is 2. The van der Waals surface area contributed by atoms with Crippen LogP contribution in [0, 0.1) is 0 Å². The number of carbonyl (C=O) groups excluding carboxylic acids is 2. The van der Waals surface area contributed by atoms with Crippen LogP contribution in [0.3, 0.4) is 0 Å². The number of ether oxygens (including phenoxy) is 1. The van der Waals surface area contributed by atoms with Gasteiger partial charge in [0.15, 0.2) is 0 Å². The van der Waals surface area contributed by atoms with Crippen LogP contribution < -0.4 is 10.1 Å². The molecule has 0 aliphatic carbocycles.